The Morgan fingerprint density at radius 1 is 1.44 bits per heavy atom. The van der Waals surface area contributed by atoms with Crippen LogP contribution >= 0.6 is 0 Å². The predicted octanol–water partition coefficient (Wildman–Crippen LogP) is 2.18. The molecule has 18 heavy (non-hydrogen) atoms. The Morgan fingerprint density at radius 2 is 2.17 bits per heavy atom. The fraction of sp³-hybridized carbons (Fsp3) is 0.0769. The van der Waals surface area contributed by atoms with E-state index in [9.17, 15) is 9.59 Å². The van der Waals surface area contributed by atoms with Gasteiger partial charge in [-0.25, -0.2) is 4.79 Å². The first-order valence-electron chi connectivity index (χ1n) is 5.13. The highest BCUT2D eigenvalue weighted by molar-refractivity contribution is 6.04. The molecular formula is C13H13NO4. The third kappa shape index (κ3) is 4.13. The molecule has 0 aromatic heterocycles. The van der Waals surface area contributed by atoms with Crippen LogP contribution in [0.3, 0.4) is 0 Å². The molecule has 0 aliphatic heterocycles. The minimum Gasteiger partial charge on any atom is -0.478 e. The van der Waals surface area contributed by atoms with Crippen LogP contribution in [-0.2, 0) is 9.59 Å². The van der Waals surface area contributed by atoms with Gasteiger partial charge in [-0.15, -0.1) is 0 Å². The number of carboxylic acid groups (broad SMARTS) is 1. The third-order valence-electron chi connectivity index (χ3n) is 2.01. The van der Waals surface area contributed by atoms with E-state index in [0.717, 1.165) is 6.08 Å². The Hall–Kier alpha value is -2.56. The summed E-state index contributed by atoms with van der Waals surface area (Å²) >= 11 is 0. The van der Waals surface area contributed by atoms with E-state index in [1.807, 2.05) is 0 Å². The van der Waals surface area contributed by atoms with Crippen LogP contribution in [0.5, 0.6) is 5.75 Å². The number of amides is 1. The number of carbonyl (C=O) groups excluding carboxylic acids is 1. The first-order valence-corrected chi connectivity index (χ1v) is 5.13. The quantitative estimate of drug-likeness (QED) is 0.617. The lowest BCUT2D eigenvalue weighted by Crippen LogP contribution is -2.10. The van der Waals surface area contributed by atoms with Gasteiger partial charge in [0.05, 0.1) is 6.26 Å². The normalized spacial score (nSPS) is 10.6. The van der Waals surface area contributed by atoms with Crippen molar-refractivity contribution in [3.05, 3.63) is 48.8 Å². The second kappa shape index (κ2) is 6.24. The Kier molecular flexibility index (Phi) is 4.68. The summed E-state index contributed by atoms with van der Waals surface area (Å²) in [5.41, 5.74) is 0.472. The second-order valence-corrected chi connectivity index (χ2v) is 3.43. The van der Waals surface area contributed by atoms with Gasteiger partial charge in [-0.05, 0) is 19.1 Å². The molecule has 1 aromatic rings. The van der Waals surface area contributed by atoms with E-state index in [1.165, 1.54) is 13.2 Å². The van der Waals surface area contributed by atoms with Crippen LogP contribution in [0.4, 0.5) is 5.69 Å². The zero-order valence-electron chi connectivity index (χ0n) is 9.84. The monoisotopic (exact) mass is 247 g/mol. The number of benzene rings is 1. The maximum atomic E-state index is 11.5. The van der Waals surface area contributed by atoms with Crippen LogP contribution in [0, 0.1) is 0 Å². The molecule has 1 rings (SSSR count). The molecule has 2 N–H and O–H groups in total. The van der Waals surface area contributed by atoms with Crippen molar-refractivity contribution in [2.75, 3.05) is 5.32 Å². The van der Waals surface area contributed by atoms with Crippen molar-refractivity contribution >= 4 is 17.6 Å². The lowest BCUT2D eigenvalue weighted by molar-refractivity contribution is -0.132. The second-order valence-electron chi connectivity index (χ2n) is 3.43. The maximum absolute atomic E-state index is 11.5. The van der Waals surface area contributed by atoms with Crippen molar-refractivity contribution in [2.24, 2.45) is 0 Å². The molecule has 1 amide bonds. The van der Waals surface area contributed by atoms with E-state index >= 15 is 0 Å². The summed E-state index contributed by atoms with van der Waals surface area (Å²) < 4.78 is 5.05. The highest BCUT2D eigenvalue weighted by Gasteiger charge is 2.05. The van der Waals surface area contributed by atoms with Gasteiger partial charge in [-0.1, -0.05) is 12.6 Å². The predicted molar refractivity (Wildman–Crippen MR) is 67.3 cm³/mol. The molecule has 5 nitrogen and oxygen atoms in total. The molecule has 0 saturated carbocycles. The number of nitrogens with one attached hydrogen (secondary N) is 1. The first-order chi connectivity index (χ1) is 8.52. The fourth-order valence-corrected chi connectivity index (χ4v) is 1.18. The molecule has 0 bridgehead atoms. The van der Waals surface area contributed by atoms with Crippen molar-refractivity contribution < 1.29 is 19.4 Å². The number of aliphatic carboxylic acids is 1. The Morgan fingerprint density at radius 3 is 2.78 bits per heavy atom. The summed E-state index contributed by atoms with van der Waals surface area (Å²) in [6.45, 7) is 4.77. The van der Waals surface area contributed by atoms with Crippen LogP contribution in [0.1, 0.15) is 6.92 Å². The SMILES string of the molecule is C=COc1cccc(NC(=O)/C=C(\C)C(=O)O)c1. The van der Waals surface area contributed by atoms with Crippen LogP contribution in [0.25, 0.3) is 0 Å². The molecule has 1 aromatic carbocycles. The van der Waals surface area contributed by atoms with E-state index in [4.69, 9.17) is 9.84 Å². The summed E-state index contributed by atoms with van der Waals surface area (Å²) in [7, 11) is 0. The van der Waals surface area contributed by atoms with Gasteiger partial charge in [0.2, 0.25) is 5.91 Å². The molecule has 0 atom stereocenters. The van der Waals surface area contributed by atoms with Crippen LogP contribution in [0.2, 0.25) is 0 Å². The van der Waals surface area contributed by atoms with Crippen molar-refractivity contribution in [1.82, 2.24) is 0 Å². The molecule has 0 heterocycles. The molecule has 0 fully saturated rings. The third-order valence-corrected chi connectivity index (χ3v) is 2.01. The smallest absolute Gasteiger partial charge is 0.331 e. The summed E-state index contributed by atoms with van der Waals surface area (Å²) in [4.78, 5) is 22.0. The molecule has 94 valence electrons. The minimum absolute atomic E-state index is 0.0361. The van der Waals surface area contributed by atoms with E-state index in [-0.39, 0.29) is 5.57 Å². The van der Waals surface area contributed by atoms with Crippen molar-refractivity contribution in [2.45, 2.75) is 6.92 Å². The Bertz CT molecular complexity index is 505. The summed E-state index contributed by atoms with van der Waals surface area (Å²) in [6, 6.07) is 6.67. The molecular weight excluding hydrogens is 234 g/mol. The lowest BCUT2D eigenvalue weighted by Gasteiger charge is -2.05. The largest absolute Gasteiger partial charge is 0.478 e. The molecule has 0 aliphatic carbocycles. The lowest BCUT2D eigenvalue weighted by atomic mass is 10.2. The average molecular weight is 247 g/mol. The molecule has 0 spiro atoms. The van der Waals surface area contributed by atoms with Gasteiger partial charge in [0.15, 0.2) is 0 Å². The maximum Gasteiger partial charge on any atom is 0.331 e. The van der Waals surface area contributed by atoms with Gasteiger partial charge in [0.1, 0.15) is 5.75 Å². The Labute approximate surface area is 104 Å². The zero-order chi connectivity index (χ0) is 13.5. The van der Waals surface area contributed by atoms with Crippen LogP contribution < -0.4 is 10.1 Å². The topological polar surface area (TPSA) is 75.6 Å². The standard InChI is InChI=1S/C13H13NO4/c1-3-18-11-6-4-5-10(8-11)14-12(15)7-9(2)13(16)17/h3-8H,1H2,2H3,(H,14,15)(H,16,17)/b9-7+. The van der Waals surface area contributed by atoms with Gasteiger partial charge in [0, 0.05) is 23.4 Å². The van der Waals surface area contributed by atoms with E-state index in [1.54, 1.807) is 24.3 Å². The molecule has 0 saturated heterocycles. The fourth-order valence-electron chi connectivity index (χ4n) is 1.18. The Balaban J connectivity index is 2.76. The van der Waals surface area contributed by atoms with Crippen LogP contribution in [-0.4, -0.2) is 17.0 Å². The van der Waals surface area contributed by atoms with E-state index < -0.39 is 11.9 Å². The van der Waals surface area contributed by atoms with Gasteiger partial charge in [0.25, 0.3) is 0 Å². The van der Waals surface area contributed by atoms with Crippen molar-refractivity contribution in [1.29, 1.82) is 0 Å². The van der Waals surface area contributed by atoms with Crippen LogP contribution in [0.15, 0.2) is 48.8 Å². The summed E-state index contributed by atoms with van der Waals surface area (Å²) in [6.07, 6.45) is 2.29. The number of hydrogen-bond acceptors (Lipinski definition) is 3. The van der Waals surface area contributed by atoms with Gasteiger partial charge in [-0.2, -0.15) is 0 Å². The summed E-state index contributed by atoms with van der Waals surface area (Å²) in [5, 5.41) is 11.2. The number of ether oxygens (including phenoxy) is 1. The van der Waals surface area contributed by atoms with Crippen molar-refractivity contribution in [3.8, 4) is 5.75 Å². The molecule has 5 heteroatoms. The van der Waals surface area contributed by atoms with Gasteiger partial charge in [-0.3, -0.25) is 4.79 Å². The number of hydrogen-bond donors (Lipinski definition) is 2. The van der Waals surface area contributed by atoms with E-state index in [0.29, 0.717) is 11.4 Å². The number of carbonyl (C=O) groups is 2. The van der Waals surface area contributed by atoms with Crippen molar-refractivity contribution in [3.63, 3.8) is 0 Å². The first kappa shape index (κ1) is 13.5. The molecule has 0 aliphatic rings. The van der Waals surface area contributed by atoms with E-state index in [2.05, 4.69) is 11.9 Å². The highest BCUT2D eigenvalue weighted by Crippen LogP contribution is 2.17. The van der Waals surface area contributed by atoms with Gasteiger partial charge >= 0.3 is 5.97 Å². The number of carboxylic acids is 1. The van der Waals surface area contributed by atoms with Gasteiger partial charge < -0.3 is 15.2 Å². The average Bonchev–Trinajstić information content (AvgIpc) is 2.29. The highest BCUT2D eigenvalue weighted by atomic mass is 16.5. The molecule has 0 unspecified atom stereocenters. The minimum atomic E-state index is -1.13. The number of rotatable bonds is 5. The number of anilines is 1. The summed E-state index contributed by atoms with van der Waals surface area (Å²) in [5.74, 6) is -1.11. The molecule has 0 radical (unpaired) electrons. The zero-order valence-corrected chi connectivity index (χ0v) is 9.84.